The monoisotopic (exact) mass is 553 g/mol. The molecule has 1 aromatic heterocycles. The van der Waals surface area contributed by atoms with Crippen molar-refractivity contribution in [1.82, 2.24) is 0 Å². The number of carbonyl (C=O) groups is 1. The average molecular weight is 555 g/mol. The number of rotatable bonds is 3. The first-order chi connectivity index (χ1) is 13.0. The van der Waals surface area contributed by atoms with Gasteiger partial charge in [0, 0.05) is 30.3 Å². The molecule has 0 spiro atoms. The van der Waals surface area contributed by atoms with E-state index in [2.05, 4.69) is 43.5 Å². The molecule has 4 nitrogen and oxygen atoms in total. The van der Waals surface area contributed by atoms with Crippen LogP contribution >= 0.6 is 50.1 Å². The van der Waals surface area contributed by atoms with Gasteiger partial charge in [-0.2, -0.15) is 0 Å². The second-order valence-corrected chi connectivity index (χ2v) is 8.13. The van der Waals surface area contributed by atoms with E-state index in [1.54, 1.807) is 18.2 Å². The van der Waals surface area contributed by atoms with E-state index in [-0.39, 0.29) is 11.6 Å². The maximum Gasteiger partial charge on any atom is 0.363 e. The standard InChI is InChI=1S/C20H10BrClINO3/c21-15-9-12(4-6-16(15)23)19-24-17(20(25)27-19)10-14-5-7-18(26-14)11-2-1-3-13(22)8-11/h1-10H/b17-10-. The normalized spacial score (nSPS) is 15.1. The van der Waals surface area contributed by atoms with Gasteiger partial charge in [-0.05, 0) is 81.0 Å². The van der Waals surface area contributed by atoms with Crippen LogP contribution in [0.3, 0.4) is 0 Å². The predicted octanol–water partition coefficient (Wildman–Crippen LogP) is 6.31. The van der Waals surface area contributed by atoms with Gasteiger partial charge in [-0.25, -0.2) is 9.79 Å². The third-order valence-electron chi connectivity index (χ3n) is 3.80. The number of ether oxygens (including phenoxy) is 1. The van der Waals surface area contributed by atoms with E-state index in [1.807, 2.05) is 42.5 Å². The van der Waals surface area contributed by atoms with Gasteiger partial charge in [0.1, 0.15) is 11.5 Å². The fourth-order valence-electron chi connectivity index (χ4n) is 2.52. The molecule has 0 unspecified atom stereocenters. The van der Waals surface area contributed by atoms with Crippen LogP contribution in [-0.4, -0.2) is 11.9 Å². The first-order valence-corrected chi connectivity index (χ1v) is 10.1. The molecule has 1 aliphatic rings. The molecule has 0 bridgehead atoms. The highest BCUT2D eigenvalue weighted by molar-refractivity contribution is 14.1. The molecule has 0 fully saturated rings. The van der Waals surface area contributed by atoms with Crippen molar-refractivity contribution in [3.63, 3.8) is 0 Å². The molecule has 0 N–H and O–H groups in total. The molecule has 0 atom stereocenters. The van der Waals surface area contributed by atoms with E-state index < -0.39 is 5.97 Å². The topological polar surface area (TPSA) is 51.8 Å². The Hall–Kier alpha value is -1.90. The van der Waals surface area contributed by atoms with Crippen molar-refractivity contribution >= 4 is 68.1 Å². The lowest BCUT2D eigenvalue weighted by molar-refractivity contribution is -0.129. The SMILES string of the molecule is O=C1OC(c2ccc(I)c(Br)c2)=N/C1=C\c1ccc(-c2cccc(Cl)c2)o1. The van der Waals surface area contributed by atoms with Crippen LogP contribution in [0.15, 0.2) is 74.2 Å². The van der Waals surface area contributed by atoms with Crippen LogP contribution in [0.2, 0.25) is 5.02 Å². The zero-order chi connectivity index (χ0) is 19.0. The molecule has 0 saturated heterocycles. The Morgan fingerprint density at radius 2 is 1.93 bits per heavy atom. The highest BCUT2D eigenvalue weighted by atomic mass is 127. The Bertz CT molecular complexity index is 1120. The van der Waals surface area contributed by atoms with E-state index >= 15 is 0 Å². The third-order valence-corrected chi connectivity index (χ3v) is 6.38. The van der Waals surface area contributed by atoms with Gasteiger partial charge in [-0.1, -0.05) is 23.7 Å². The van der Waals surface area contributed by atoms with Crippen LogP contribution in [0.25, 0.3) is 17.4 Å². The molecule has 0 radical (unpaired) electrons. The molecule has 4 rings (SSSR count). The third kappa shape index (κ3) is 4.02. The van der Waals surface area contributed by atoms with Crippen LogP contribution in [0.4, 0.5) is 0 Å². The quantitative estimate of drug-likeness (QED) is 0.217. The number of esters is 1. The number of benzene rings is 2. The molecule has 3 aromatic rings. The molecular weight excluding hydrogens is 544 g/mol. The van der Waals surface area contributed by atoms with Gasteiger partial charge in [0.05, 0.1) is 0 Å². The first-order valence-electron chi connectivity index (χ1n) is 7.83. The summed E-state index contributed by atoms with van der Waals surface area (Å²) < 4.78 is 13.1. The molecular formula is C20H10BrClINO3. The number of aliphatic imine (C=N–C) groups is 1. The van der Waals surface area contributed by atoms with Crippen molar-refractivity contribution in [3.05, 3.63) is 84.7 Å². The number of halogens is 3. The fraction of sp³-hybridized carbons (Fsp3) is 0. The average Bonchev–Trinajstić information content (AvgIpc) is 3.25. The number of cyclic esters (lactones) is 1. The summed E-state index contributed by atoms with van der Waals surface area (Å²) >= 11 is 11.7. The number of furan rings is 1. The maximum atomic E-state index is 12.2. The van der Waals surface area contributed by atoms with Crippen molar-refractivity contribution in [1.29, 1.82) is 0 Å². The van der Waals surface area contributed by atoms with Crippen LogP contribution in [0, 0.1) is 3.57 Å². The second-order valence-electron chi connectivity index (χ2n) is 5.68. The Balaban J connectivity index is 1.63. The minimum absolute atomic E-state index is 0.187. The van der Waals surface area contributed by atoms with Gasteiger partial charge in [-0.3, -0.25) is 0 Å². The van der Waals surface area contributed by atoms with Crippen LogP contribution in [0.5, 0.6) is 0 Å². The van der Waals surface area contributed by atoms with Crippen molar-refractivity contribution in [3.8, 4) is 11.3 Å². The minimum atomic E-state index is -0.514. The lowest BCUT2D eigenvalue weighted by Crippen LogP contribution is -2.05. The predicted molar refractivity (Wildman–Crippen MR) is 117 cm³/mol. The molecule has 0 aliphatic carbocycles. The fourth-order valence-corrected chi connectivity index (χ4v) is 3.43. The van der Waals surface area contributed by atoms with Crippen molar-refractivity contribution in [2.75, 3.05) is 0 Å². The van der Waals surface area contributed by atoms with Crippen LogP contribution in [-0.2, 0) is 9.53 Å². The number of carbonyl (C=O) groups excluding carboxylic acids is 1. The Morgan fingerprint density at radius 1 is 1.07 bits per heavy atom. The summed E-state index contributed by atoms with van der Waals surface area (Å²) in [5.74, 6) is 0.914. The molecule has 27 heavy (non-hydrogen) atoms. The Labute approximate surface area is 182 Å². The van der Waals surface area contributed by atoms with E-state index in [0.717, 1.165) is 19.2 Å². The van der Waals surface area contributed by atoms with E-state index in [0.29, 0.717) is 16.5 Å². The zero-order valence-corrected chi connectivity index (χ0v) is 18.1. The minimum Gasteiger partial charge on any atom is -0.457 e. The molecule has 134 valence electrons. The van der Waals surface area contributed by atoms with Gasteiger partial charge in [0.15, 0.2) is 5.70 Å². The zero-order valence-electron chi connectivity index (χ0n) is 13.6. The number of nitrogens with zero attached hydrogens (tertiary/aromatic N) is 1. The maximum absolute atomic E-state index is 12.2. The van der Waals surface area contributed by atoms with Gasteiger partial charge in [-0.15, -0.1) is 0 Å². The van der Waals surface area contributed by atoms with Crippen LogP contribution in [0.1, 0.15) is 11.3 Å². The van der Waals surface area contributed by atoms with Crippen molar-refractivity contribution < 1.29 is 13.9 Å². The second kappa shape index (κ2) is 7.61. The van der Waals surface area contributed by atoms with Gasteiger partial charge in [0.25, 0.3) is 0 Å². The van der Waals surface area contributed by atoms with Crippen molar-refractivity contribution in [2.24, 2.45) is 4.99 Å². The highest BCUT2D eigenvalue weighted by Gasteiger charge is 2.25. The molecule has 2 heterocycles. The summed E-state index contributed by atoms with van der Waals surface area (Å²) in [5.41, 5.74) is 1.76. The van der Waals surface area contributed by atoms with E-state index in [1.165, 1.54) is 0 Å². The summed E-state index contributed by atoms with van der Waals surface area (Å²) in [6, 6.07) is 16.6. The van der Waals surface area contributed by atoms with Crippen LogP contribution < -0.4 is 0 Å². The lowest BCUT2D eigenvalue weighted by atomic mass is 10.2. The van der Waals surface area contributed by atoms with Gasteiger partial charge < -0.3 is 9.15 Å². The van der Waals surface area contributed by atoms with Crippen molar-refractivity contribution in [2.45, 2.75) is 0 Å². The smallest absolute Gasteiger partial charge is 0.363 e. The van der Waals surface area contributed by atoms with E-state index in [4.69, 9.17) is 20.8 Å². The van der Waals surface area contributed by atoms with Gasteiger partial charge in [0.2, 0.25) is 5.90 Å². The van der Waals surface area contributed by atoms with Gasteiger partial charge >= 0.3 is 5.97 Å². The molecule has 1 aliphatic heterocycles. The molecule has 7 heteroatoms. The highest BCUT2D eigenvalue weighted by Crippen LogP contribution is 2.28. The van der Waals surface area contributed by atoms with E-state index in [9.17, 15) is 4.79 Å². The number of hydrogen-bond acceptors (Lipinski definition) is 4. The summed E-state index contributed by atoms with van der Waals surface area (Å²) in [6.07, 6.45) is 1.56. The largest absolute Gasteiger partial charge is 0.457 e. The Kier molecular flexibility index (Phi) is 5.21. The summed E-state index contributed by atoms with van der Waals surface area (Å²) in [5, 5.41) is 0.626. The molecule has 0 saturated carbocycles. The summed E-state index contributed by atoms with van der Waals surface area (Å²) in [7, 11) is 0. The summed E-state index contributed by atoms with van der Waals surface area (Å²) in [6.45, 7) is 0. The summed E-state index contributed by atoms with van der Waals surface area (Å²) in [4.78, 5) is 16.5. The lowest BCUT2D eigenvalue weighted by Gasteiger charge is -2.01. The first kappa shape index (κ1) is 18.5. The number of hydrogen-bond donors (Lipinski definition) is 0. The Morgan fingerprint density at radius 3 is 2.70 bits per heavy atom. The molecule has 2 aromatic carbocycles. The molecule has 0 amide bonds.